The van der Waals surface area contributed by atoms with E-state index in [0.717, 1.165) is 6.07 Å². The Morgan fingerprint density at radius 3 is 2.57 bits per heavy atom. The van der Waals surface area contributed by atoms with Crippen molar-refractivity contribution in [3.8, 4) is 0 Å². The molecule has 1 amide bonds. The van der Waals surface area contributed by atoms with Crippen molar-refractivity contribution >= 4 is 21.6 Å². The van der Waals surface area contributed by atoms with Gasteiger partial charge in [-0.05, 0) is 30.7 Å². The molecule has 0 aliphatic heterocycles. The van der Waals surface area contributed by atoms with Crippen molar-refractivity contribution in [2.45, 2.75) is 11.8 Å². The van der Waals surface area contributed by atoms with Crippen LogP contribution in [-0.2, 0) is 10.0 Å². The molecule has 0 aliphatic rings. The molecule has 1 heterocycles. The van der Waals surface area contributed by atoms with E-state index in [1.54, 1.807) is 6.92 Å². The van der Waals surface area contributed by atoms with Crippen LogP contribution in [0, 0.1) is 6.92 Å². The number of aryl methyl sites for hydroxylation is 1. The van der Waals surface area contributed by atoms with Crippen LogP contribution in [0.15, 0.2) is 40.0 Å². The van der Waals surface area contributed by atoms with Crippen molar-refractivity contribution < 1.29 is 13.2 Å². The first-order valence-corrected chi connectivity index (χ1v) is 7.32. The second-order valence-corrected chi connectivity index (χ2v) is 5.82. The molecule has 2 aromatic rings. The standard InChI is InChI=1S/C12H12N4O4S/c1-7-2-3-8(6-10(7)21(13,19)20)14-12(18)9-4-5-11(17)16-15-9/h2-6H,1H3,(H,14,18)(H,16,17)(H2,13,19,20). The van der Waals surface area contributed by atoms with Crippen molar-refractivity contribution in [2.75, 3.05) is 5.32 Å². The fourth-order valence-corrected chi connectivity index (χ4v) is 2.46. The second-order valence-electron chi connectivity index (χ2n) is 4.29. The molecule has 0 radical (unpaired) electrons. The third-order valence-corrected chi connectivity index (χ3v) is 3.72. The number of benzene rings is 1. The smallest absolute Gasteiger partial charge is 0.276 e. The van der Waals surface area contributed by atoms with Crippen LogP contribution in [0.5, 0.6) is 0 Å². The van der Waals surface area contributed by atoms with Crippen LogP contribution in [0.4, 0.5) is 5.69 Å². The van der Waals surface area contributed by atoms with E-state index in [0.29, 0.717) is 5.56 Å². The molecule has 9 heteroatoms. The molecule has 1 aromatic carbocycles. The van der Waals surface area contributed by atoms with Crippen LogP contribution in [0.1, 0.15) is 16.1 Å². The SMILES string of the molecule is Cc1ccc(NC(=O)c2ccc(=O)[nH]n2)cc1S(N)(=O)=O. The first-order valence-electron chi connectivity index (χ1n) is 5.78. The topological polar surface area (TPSA) is 135 Å². The van der Waals surface area contributed by atoms with Gasteiger partial charge in [0.1, 0.15) is 5.69 Å². The number of carbonyl (C=O) groups excluding carboxylic acids is 1. The predicted molar refractivity (Wildman–Crippen MR) is 75.4 cm³/mol. The quantitative estimate of drug-likeness (QED) is 0.732. The number of amides is 1. The minimum Gasteiger partial charge on any atom is -0.321 e. The van der Waals surface area contributed by atoms with Crippen LogP contribution >= 0.6 is 0 Å². The van der Waals surface area contributed by atoms with E-state index in [4.69, 9.17) is 5.14 Å². The van der Waals surface area contributed by atoms with Crippen LogP contribution in [0.25, 0.3) is 0 Å². The Hall–Kier alpha value is -2.52. The molecule has 4 N–H and O–H groups in total. The number of hydrogen-bond donors (Lipinski definition) is 3. The maximum Gasteiger partial charge on any atom is 0.276 e. The molecule has 21 heavy (non-hydrogen) atoms. The van der Waals surface area contributed by atoms with Gasteiger partial charge in [0, 0.05) is 11.8 Å². The zero-order valence-corrected chi connectivity index (χ0v) is 11.8. The molecule has 2 rings (SSSR count). The average Bonchev–Trinajstić information content (AvgIpc) is 2.40. The minimum absolute atomic E-state index is 0.00710. The first-order chi connectivity index (χ1) is 9.77. The summed E-state index contributed by atoms with van der Waals surface area (Å²) in [6.45, 7) is 1.59. The number of sulfonamides is 1. The molecular weight excluding hydrogens is 296 g/mol. The highest BCUT2D eigenvalue weighted by Crippen LogP contribution is 2.19. The molecule has 1 aromatic heterocycles. The summed E-state index contributed by atoms with van der Waals surface area (Å²) in [7, 11) is -3.88. The molecule has 110 valence electrons. The highest BCUT2D eigenvalue weighted by atomic mass is 32.2. The summed E-state index contributed by atoms with van der Waals surface area (Å²) in [5.74, 6) is -0.588. The Morgan fingerprint density at radius 1 is 1.29 bits per heavy atom. The minimum atomic E-state index is -3.88. The highest BCUT2D eigenvalue weighted by molar-refractivity contribution is 7.89. The van der Waals surface area contributed by atoms with Crippen molar-refractivity contribution in [2.24, 2.45) is 5.14 Å². The van der Waals surface area contributed by atoms with Gasteiger partial charge in [0.2, 0.25) is 10.0 Å². The molecule has 0 bridgehead atoms. The maximum atomic E-state index is 11.9. The lowest BCUT2D eigenvalue weighted by atomic mass is 10.2. The van der Waals surface area contributed by atoms with Crippen LogP contribution in [0.3, 0.4) is 0 Å². The summed E-state index contributed by atoms with van der Waals surface area (Å²) in [5.41, 5.74) is 0.283. The monoisotopic (exact) mass is 308 g/mol. The highest BCUT2D eigenvalue weighted by Gasteiger charge is 2.14. The van der Waals surface area contributed by atoms with E-state index >= 15 is 0 Å². The van der Waals surface area contributed by atoms with E-state index in [1.807, 2.05) is 0 Å². The fraction of sp³-hybridized carbons (Fsp3) is 0.0833. The van der Waals surface area contributed by atoms with Crippen molar-refractivity contribution in [3.63, 3.8) is 0 Å². The number of nitrogens with zero attached hydrogens (tertiary/aromatic N) is 1. The number of aromatic amines is 1. The number of aromatic nitrogens is 2. The lowest BCUT2D eigenvalue weighted by molar-refractivity contribution is 0.102. The van der Waals surface area contributed by atoms with E-state index in [-0.39, 0.29) is 16.3 Å². The number of H-pyrrole nitrogens is 1. The normalized spacial score (nSPS) is 11.1. The molecule has 0 atom stereocenters. The molecule has 0 saturated heterocycles. The number of nitrogens with two attached hydrogens (primary N) is 1. The first kappa shape index (κ1) is 14.9. The van der Waals surface area contributed by atoms with E-state index < -0.39 is 21.5 Å². The molecular formula is C12H12N4O4S. The van der Waals surface area contributed by atoms with Gasteiger partial charge < -0.3 is 5.32 Å². The van der Waals surface area contributed by atoms with Crippen LogP contribution in [-0.4, -0.2) is 24.5 Å². The largest absolute Gasteiger partial charge is 0.321 e. The Morgan fingerprint density at radius 2 is 2.00 bits per heavy atom. The summed E-state index contributed by atoms with van der Waals surface area (Å²) < 4.78 is 22.8. The Kier molecular flexibility index (Phi) is 3.87. The van der Waals surface area contributed by atoms with Crippen LogP contribution < -0.4 is 16.0 Å². The van der Waals surface area contributed by atoms with Gasteiger partial charge in [0.05, 0.1) is 4.90 Å². The van der Waals surface area contributed by atoms with Crippen molar-refractivity contribution in [1.82, 2.24) is 10.2 Å². The van der Waals surface area contributed by atoms with Gasteiger partial charge in [-0.15, -0.1) is 0 Å². The van der Waals surface area contributed by atoms with Gasteiger partial charge in [-0.25, -0.2) is 18.7 Å². The van der Waals surface area contributed by atoms with E-state index in [2.05, 4.69) is 15.5 Å². The summed E-state index contributed by atoms with van der Waals surface area (Å²) in [5, 5.41) is 13.3. The molecule has 0 fully saturated rings. The second kappa shape index (κ2) is 5.46. The summed E-state index contributed by atoms with van der Waals surface area (Å²) >= 11 is 0. The molecule has 0 saturated carbocycles. The number of anilines is 1. The number of nitrogens with one attached hydrogen (secondary N) is 2. The lowest BCUT2D eigenvalue weighted by Gasteiger charge is -2.08. The third-order valence-electron chi connectivity index (χ3n) is 2.66. The number of primary sulfonamides is 1. The number of carbonyl (C=O) groups is 1. The summed E-state index contributed by atoms with van der Waals surface area (Å²) in [6.07, 6.45) is 0. The average molecular weight is 308 g/mol. The van der Waals surface area contributed by atoms with Gasteiger partial charge in [0.15, 0.2) is 0 Å². The Bertz CT molecular complexity index is 837. The van der Waals surface area contributed by atoms with Crippen LogP contribution in [0.2, 0.25) is 0 Å². The van der Waals surface area contributed by atoms with Crippen molar-refractivity contribution in [3.05, 3.63) is 51.9 Å². The summed E-state index contributed by atoms with van der Waals surface area (Å²) in [6, 6.07) is 6.73. The predicted octanol–water partition coefficient (Wildman–Crippen LogP) is -0.0220. The number of hydrogen-bond acceptors (Lipinski definition) is 5. The van der Waals surface area contributed by atoms with Gasteiger partial charge in [-0.1, -0.05) is 6.07 Å². The zero-order valence-electron chi connectivity index (χ0n) is 11.0. The van der Waals surface area contributed by atoms with Gasteiger partial charge in [-0.3, -0.25) is 9.59 Å². The van der Waals surface area contributed by atoms with Crippen molar-refractivity contribution in [1.29, 1.82) is 0 Å². The van der Waals surface area contributed by atoms with Gasteiger partial charge >= 0.3 is 0 Å². The molecule has 0 aliphatic carbocycles. The molecule has 0 unspecified atom stereocenters. The fourth-order valence-electron chi connectivity index (χ4n) is 1.65. The zero-order chi connectivity index (χ0) is 15.6. The summed E-state index contributed by atoms with van der Waals surface area (Å²) in [4.78, 5) is 22.7. The Balaban J connectivity index is 2.30. The molecule has 0 spiro atoms. The maximum absolute atomic E-state index is 11.9. The van der Waals surface area contributed by atoms with E-state index in [9.17, 15) is 18.0 Å². The van der Waals surface area contributed by atoms with E-state index in [1.165, 1.54) is 24.3 Å². The third kappa shape index (κ3) is 3.52. The lowest BCUT2D eigenvalue weighted by Crippen LogP contribution is -2.18. The van der Waals surface area contributed by atoms with Gasteiger partial charge in [-0.2, -0.15) is 5.10 Å². The van der Waals surface area contributed by atoms with Gasteiger partial charge in [0.25, 0.3) is 11.5 Å². The number of rotatable bonds is 3. The Labute approximate surface area is 120 Å². The molecule has 8 nitrogen and oxygen atoms in total.